The van der Waals surface area contributed by atoms with Crippen LogP contribution in [-0.4, -0.2) is 22.7 Å². The summed E-state index contributed by atoms with van der Waals surface area (Å²) in [5, 5.41) is 9.19. The van der Waals surface area contributed by atoms with Crippen LogP contribution in [-0.2, 0) is 0 Å². The minimum Gasteiger partial charge on any atom is -0.490 e. The van der Waals surface area contributed by atoms with Gasteiger partial charge in [-0.25, -0.2) is 9.78 Å². The first-order chi connectivity index (χ1) is 10.1. The van der Waals surface area contributed by atoms with E-state index in [0.29, 0.717) is 23.8 Å². The van der Waals surface area contributed by atoms with Crippen molar-refractivity contribution in [2.45, 2.75) is 20.3 Å². The van der Waals surface area contributed by atoms with Gasteiger partial charge in [-0.1, -0.05) is 19.1 Å². The first kappa shape index (κ1) is 14.8. The minimum atomic E-state index is -1.08. The third-order valence-corrected chi connectivity index (χ3v) is 2.75. The summed E-state index contributed by atoms with van der Waals surface area (Å²) < 4.78 is 11.3. The molecule has 0 atom stereocenters. The number of pyridine rings is 1. The number of aryl methyl sites for hydroxylation is 1. The van der Waals surface area contributed by atoms with E-state index in [9.17, 15) is 9.90 Å². The lowest BCUT2D eigenvalue weighted by molar-refractivity contribution is 0.0693. The Bertz CT molecular complexity index is 640. The van der Waals surface area contributed by atoms with Crippen molar-refractivity contribution in [2.75, 3.05) is 6.61 Å². The zero-order valence-corrected chi connectivity index (χ0v) is 12.0. The second kappa shape index (κ2) is 6.74. The van der Waals surface area contributed by atoms with E-state index in [1.54, 1.807) is 31.2 Å². The molecule has 1 aromatic carbocycles. The van der Waals surface area contributed by atoms with Gasteiger partial charge in [-0.3, -0.25) is 0 Å². The van der Waals surface area contributed by atoms with Crippen molar-refractivity contribution in [1.29, 1.82) is 0 Å². The average molecular weight is 287 g/mol. The number of ether oxygens (including phenoxy) is 2. The van der Waals surface area contributed by atoms with Gasteiger partial charge in [0.25, 0.3) is 0 Å². The zero-order chi connectivity index (χ0) is 15.2. The molecule has 0 radical (unpaired) electrons. The molecule has 0 unspecified atom stereocenters. The van der Waals surface area contributed by atoms with E-state index in [1.807, 2.05) is 13.0 Å². The molecule has 0 aliphatic heterocycles. The number of carbonyl (C=O) groups is 1. The van der Waals surface area contributed by atoms with Gasteiger partial charge in [-0.2, -0.15) is 0 Å². The van der Waals surface area contributed by atoms with E-state index in [0.717, 1.165) is 6.42 Å². The lowest BCUT2D eigenvalue weighted by Crippen LogP contribution is -2.04. The monoisotopic (exact) mass is 287 g/mol. The number of para-hydroxylation sites is 2. The number of hydrogen-bond donors (Lipinski definition) is 1. The number of benzene rings is 1. The van der Waals surface area contributed by atoms with Gasteiger partial charge < -0.3 is 14.6 Å². The van der Waals surface area contributed by atoms with Crippen molar-refractivity contribution >= 4 is 5.97 Å². The third kappa shape index (κ3) is 3.72. The third-order valence-electron chi connectivity index (χ3n) is 2.75. The normalized spacial score (nSPS) is 10.2. The summed E-state index contributed by atoms with van der Waals surface area (Å²) in [6.07, 6.45) is 0.872. The van der Waals surface area contributed by atoms with Crippen LogP contribution in [0.25, 0.3) is 0 Å². The van der Waals surface area contributed by atoms with E-state index >= 15 is 0 Å². The van der Waals surface area contributed by atoms with Crippen molar-refractivity contribution in [3.63, 3.8) is 0 Å². The van der Waals surface area contributed by atoms with Crippen molar-refractivity contribution in [3.8, 4) is 17.4 Å². The molecule has 0 saturated carbocycles. The van der Waals surface area contributed by atoms with Gasteiger partial charge in [0.15, 0.2) is 11.5 Å². The van der Waals surface area contributed by atoms with Crippen LogP contribution in [0.5, 0.6) is 17.4 Å². The summed E-state index contributed by atoms with van der Waals surface area (Å²) in [6.45, 7) is 4.35. The Morgan fingerprint density at radius 1 is 1.19 bits per heavy atom. The maximum Gasteiger partial charge on any atom is 0.341 e. The molecule has 5 heteroatoms. The first-order valence-corrected chi connectivity index (χ1v) is 6.72. The van der Waals surface area contributed by atoms with Crippen molar-refractivity contribution < 1.29 is 19.4 Å². The van der Waals surface area contributed by atoms with Crippen LogP contribution in [0.1, 0.15) is 29.4 Å². The Kier molecular flexibility index (Phi) is 4.77. The highest BCUT2D eigenvalue weighted by Crippen LogP contribution is 2.32. The molecule has 1 heterocycles. The molecule has 0 bridgehead atoms. The average Bonchev–Trinajstić information content (AvgIpc) is 2.46. The van der Waals surface area contributed by atoms with Gasteiger partial charge in [0, 0.05) is 5.69 Å². The maximum absolute atomic E-state index is 11.2. The highest BCUT2D eigenvalue weighted by atomic mass is 16.5. The van der Waals surface area contributed by atoms with E-state index in [-0.39, 0.29) is 11.4 Å². The van der Waals surface area contributed by atoms with Crippen LogP contribution in [0.3, 0.4) is 0 Å². The fourth-order valence-electron chi connectivity index (χ4n) is 1.74. The quantitative estimate of drug-likeness (QED) is 0.877. The summed E-state index contributed by atoms with van der Waals surface area (Å²) >= 11 is 0. The Labute approximate surface area is 123 Å². The van der Waals surface area contributed by atoms with E-state index in [1.165, 1.54) is 6.07 Å². The molecule has 0 fully saturated rings. The number of aromatic carboxylic acids is 1. The highest BCUT2D eigenvalue weighted by Gasteiger charge is 2.15. The van der Waals surface area contributed by atoms with Crippen LogP contribution in [0.4, 0.5) is 0 Å². The van der Waals surface area contributed by atoms with E-state index in [4.69, 9.17) is 9.47 Å². The molecular weight excluding hydrogens is 270 g/mol. The van der Waals surface area contributed by atoms with Crippen LogP contribution in [0.2, 0.25) is 0 Å². The smallest absolute Gasteiger partial charge is 0.341 e. The van der Waals surface area contributed by atoms with Gasteiger partial charge >= 0.3 is 5.97 Å². The maximum atomic E-state index is 11.2. The fourth-order valence-corrected chi connectivity index (χ4v) is 1.74. The Morgan fingerprint density at radius 3 is 2.57 bits per heavy atom. The number of carboxylic acid groups (broad SMARTS) is 1. The zero-order valence-electron chi connectivity index (χ0n) is 12.0. The largest absolute Gasteiger partial charge is 0.490 e. The Balaban J connectivity index is 2.34. The molecular formula is C16H17NO4. The molecule has 0 amide bonds. The Morgan fingerprint density at radius 2 is 1.90 bits per heavy atom. The topological polar surface area (TPSA) is 68.7 Å². The number of aromatic nitrogens is 1. The van der Waals surface area contributed by atoms with Crippen molar-refractivity contribution in [3.05, 3.63) is 47.7 Å². The standard InChI is InChI=1S/C16H17NO4/c1-3-10-20-13-6-4-5-7-14(13)21-15-12(16(18)19)9-8-11(2)17-15/h4-9H,3,10H2,1-2H3,(H,18,19). The highest BCUT2D eigenvalue weighted by molar-refractivity contribution is 5.90. The van der Waals surface area contributed by atoms with Gasteiger partial charge in [0.1, 0.15) is 5.56 Å². The van der Waals surface area contributed by atoms with Crippen LogP contribution in [0.15, 0.2) is 36.4 Å². The second-order valence-corrected chi connectivity index (χ2v) is 4.51. The van der Waals surface area contributed by atoms with Gasteiger partial charge in [-0.15, -0.1) is 0 Å². The number of carboxylic acids is 1. The number of nitrogens with zero attached hydrogens (tertiary/aromatic N) is 1. The molecule has 21 heavy (non-hydrogen) atoms. The van der Waals surface area contributed by atoms with Crippen LogP contribution >= 0.6 is 0 Å². The van der Waals surface area contributed by atoms with Crippen LogP contribution in [0, 0.1) is 6.92 Å². The molecule has 0 saturated heterocycles. The van der Waals surface area contributed by atoms with Crippen LogP contribution < -0.4 is 9.47 Å². The predicted octanol–water partition coefficient (Wildman–Crippen LogP) is 3.67. The summed E-state index contributed by atoms with van der Waals surface area (Å²) in [5.74, 6) is 0.00468. The van der Waals surface area contributed by atoms with Gasteiger partial charge in [0.05, 0.1) is 6.61 Å². The van der Waals surface area contributed by atoms with Crippen molar-refractivity contribution in [1.82, 2.24) is 4.98 Å². The summed E-state index contributed by atoms with van der Waals surface area (Å²) in [6, 6.07) is 10.2. The Hall–Kier alpha value is -2.56. The molecule has 0 aliphatic rings. The van der Waals surface area contributed by atoms with Crippen molar-refractivity contribution in [2.24, 2.45) is 0 Å². The van der Waals surface area contributed by atoms with E-state index < -0.39 is 5.97 Å². The second-order valence-electron chi connectivity index (χ2n) is 4.51. The summed E-state index contributed by atoms with van der Waals surface area (Å²) in [7, 11) is 0. The first-order valence-electron chi connectivity index (χ1n) is 6.72. The molecule has 2 rings (SSSR count). The lowest BCUT2D eigenvalue weighted by Gasteiger charge is -2.12. The lowest BCUT2D eigenvalue weighted by atomic mass is 10.2. The molecule has 110 valence electrons. The predicted molar refractivity (Wildman–Crippen MR) is 78.2 cm³/mol. The number of hydrogen-bond acceptors (Lipinski definition) is 4. The van der Waals surface area contributed by atoms with Gasteiger partial charge in [-0.05, 0) is 37.6 Å². The summed E-state index contributed by atoms with van der Waals surface area (Å²) in [5.41, 5.74) is 0.702. The minimum absolute atomic E-state index is 0.0193. The molecule has 2 aromatic rings. The molecule has 1 aromatic heterocycles. The summed E-state index contributed by atoms with van der Waals surface area (Å²) in [4.78, 5) is 15.4. The molecule has 1 N–H and O–H groups in total. The van der Waals surface area contributed by atoms with E-state index in [2.05, 4.69) is 4.98 Å². The SMILES string of the molecule is CCCOc1ccccc1Oc1nc(C)ccc1C(=O)O. The van der Waals surface area contributed by atoms with Gasteiger partial charge in [0.2, 0.25) is 5.88 Å². The molecule has 0 aliphatic carbocycles. The number of rotatable bonds is 6. The molecule has 5 nitrogen and oxygen atoms in total. The fraction of sp³-hybridized carbons (Fsp3) is 0.250. The molecule has 0 spiro atoms.